The molecule has 1 aliphatic heterocycles. The summed E-state index contributed by atoms with van der Waals surface area (Å²) in [5.41, 5.74) is 2.43. The van der Waals surface area contributed by atoms with Crippen molar-refractivity contribution in [1.82, 2.24) is 39.1 Å². The number of amides is 1. The summed E-state index contributed by atoms with van der Waals surface area (Å²) < 4.78 is 89.7. The second kappa shape index (κ2) is 19.9. The highest BCUT2D eigenvalue weighted by Gasteiger charge is 2.40. The Kier molecular flexibility index (Phi) is 14.2. The second-order valence-corrected chi connectivity index (χ2v) is 22.8. The average molecular weight is 1050 g/mol. The van der Waals surface area contributed by atoms with Crippen molar-refractivity contribution in [3.8, 4) is 39.8 Å². The predicted octanol–water partition coefficient (Wildman–Crippen LogP) is 8.13. The number of aromatic nitrogens is 5. The number of methoxy groups -OCH3 is 3. The minimum atomic E-state index is -4.93. The fourth-order valence-corrected chi connectivity index (χ4v) is 12.9. The summed E-state index contributed by atoms with van der Waals surface area (Å²) in [6, 6.07) is 28.7. The number of ether oxygens (including phenoxy) is 4. The number of tetrazole rings is 1. The van der Waals surface area contributed by atoms with Crippen LogP contribution in [0.3, 0.4) is 0 Å². The van der Waals surface area contributed by atoms with Gasteiger partial charge in [0.25, 0.3) is 0 Å². The molecule has 1 fully saturated rings. The van der Waals surface area contributed by atoms with Crippen molar-refractivity contribution in [3.05, 3.63) is 124 Å². The lowest BCUT2D eigenvalue weighted by atomic mass is 9.98. The largest absolute Gasteiger partial charge is 0.497 e. The molecule has 1 saturated heterocycles. The summed E-state index contributed by atoms with van der Waals surface area (Å²) in [5, 5.41) is 13.6. The molecule has 17 nitrogen and oxygen atoms in total. The third kappa shape index (κ3) is 10.8. The van der Waals surface area contributed by atoms with E-state index in [9.17, 15) is 4.79 Å². The molecule has 0 radical (unpaired) electrons. The molecule has 21 heteroatoms. The van der Waals surface area contributed by atoms with Crippen molar-refractivity contribution in [1.29, 1.82) is 0 Å². The van der Waals surface area contributed by atoms with Crippen LogP contribution in [0.4, 0.5) is 4.79 Å². The van der Waals surface area contributed by atoms with Gasteiger partial charge in [0, 0.05) is 37.8 Å². The Bertz CT molecular complexity index is 3110. The highest BCUT2D eigenvalue weighted by molar-refractivity contribution is 9.11. The molecule has 5 aromatic carbocycles. The van der Waals surface area contributed by atoms with Gasteiger partial charge in [-0.3, -0.25) is 0 Å². The first-order chi connectivity index (χ1) is 32.4. The van der Waals surface area contributed by atoms with Crippen molar-refractivity contribution in [3.63, 3.8) is 0 Å². The van der Waals surface area contributed by atoms with Gasteiger partial charge in [-0.1, -0.05) is 54.6 Å². The maximum Gasteiger partial charge on any atom is 0.410 e. The molecule has 0 saturated carbocycles. The molecule has 2 aromatic heterocycles. The van der Waals surface area contributed by atoms with Crippen molar-refractivity contribution in [2.75, 3.05) is 34.4 Å². The fourth-order valence-electron chi connectivity index (χ4n) is 7.78. The quantitative estimate of drug-likeness (QED) is 0.0975. The van der Waals surface area contributed by atoms with Crippen molar-refractivity contribution in [2.45, 2.75) is 68.3 Å². The van der Waals surface area contributed by atoms with Gasteiger partial charge < -0.3 is 23.8 Å². The van der Waals surface area contributed by atoms with E-state index < -0.39 is 47.6 Å². The van der Waals surface area contributed by atoms with E-state index in [0.29, 0.717) is 48.9 Å². The number of halogens is 1. The van der Waals surface area contributed by atoms with Crippen LogP contribution in [0.5, 0.6) is 17.2 Å². The Balaban J connectivity index is 1.35. The molecule has 0 spiro atoms. The van der Waals surface area contributed by atoms with Gasteiger partial charge >= 0.3 is 6.09 Å². The molecule has 3 heterocycles. The van der Waals surface area contributed by atoms with E-state index in [1.165, 1.54) is 45.6 Å². The number of thiazole rings is 1. The number of para-hydroxylation sites is 1. The molecular formula is C47H49BrN8O9S3. The van der Waals surface area contributed by atoms with Crippen LogP contribution in [-0.2, 0) is 44.4 Å². The average Bonchev–Trinajstić information content (AvgIpc) is 4.08. The van der Waals surface area contributed by atoms with E-state index in [1.54, 1.807) is 101 Å². The third-order valence-corrected chi connectivity index (χ3v) is 16.1. The van der Waals surface area contributed by atoms with Gasteiger partial charge in [-0.25, -0.2) is 31.3 Å². The summed E-state index contributed by atoms with van der Waals surface area (Å²) >= 11 is 4.90. The first kappa shape index (κ1) is 48.5. The summed E-state index contributed by atoms with van der Waals surface area (Å²) in [4.78, 5) is 19.4. The lowest BCUT2D eigenvalue weighted by Crippen LogP contribution is -2.41. The highest BCUT2D eigenvalue weighted by atomic mass is 79.9. The molecular weight excluding hydrogens is 997 g/mol. The van der Waals surface area contributed by atoms with Gasteiger partial charge in [0.2, 0.25) is 25.9 Å². The summed E-state index contributed by atoms with van der Waals surface area (Å²) in [7, 11) is -5.03. The lowest BCUT2D eigenvalue weighted by Gasteiger charge is -2.27. The fraction of sp³-hybridized carbons (Fsp3) is 0.298. The van der Waals surface area contributed by atoms with Crippen LogP contribution in [0.1, 0.15) is 43.9 Å². The molecule has 1 N–H and O–H groups in total. The van der Waals surface area contributed by atoms with Crippen LogP contribution >= 0.6 is 27.3 Å². The number of sulfonamides is 2. The van der Waals surface area contributed by atoms with E-state index in [4.69, 9.17) is 29.0 Å². The molecule has 1 aliphatic rings. The van der Waals surface area contributed by atoms with Crippen LogP contribution in [-0.4, -0.2) is 103 Å². The zero-order chi connectivity index (χ0) is 48.4. The standard InChI is InChI=1S/C47H49BrN8O9S3/c1-47(2,3)65-46(57)54-25-24-33(29-54)52-67(58,59)40-23-22-37(38-8-7-9-39-42(38)49-45(48)66-39)41(44-50-53-56(51-44)28-32-14-20-36(64-6)21-15-32)43(40)68(60,61)55(26-30-10-16-34(62-4)17-11-30)27-31-12-18-35(63-5)19-13-31/h7-23,33,52H,24-29H2,1-6H3. The van der Waals surface area contributed by atoms with Gasteiger partial charge in [-0.15, -0.1) is 21.5 Å². The van der Waals surface area contributed by atoms with E-state index in [2.05, 4.69) is 31.0 Å². The van der Waals surface area contributed by atoms with Crippen LogP contribution < -0.4 is 18.9 Å². The van der Waals surface area contributed by atoms with Crippen LogP contribution in [0.15, 0.2) is 117 Å². The Labute approximate surface area is 407 Å². The number of rotatable bonds is 16. The number of nitrogens with one attached hydrogen (secondary N) is 1. The number of carbonyl (C=O) groups is 1. The Morgan fingerprint density at radius 1 is 0.809 bits per heavy atom. The number of hydrogen-bond donors (Lipinski definition) is 1. The maximum atomic E-state index is 16.2. The molecule has 356 valence electrons. The molecule has 1 unspecified atom stereocenters. The summed E-state index contributed by atoms with van der Waals surface area (Å²) in [5.74, 6) is 1.63. The first-order valence-electron chi connectivity index (χ1n) is 21.3. The van der Waals surface area contributed by atoms with Crippen molar-refractivity contribution >= 4 is 63.6 Å². The molecule has 7 aromatic rings. The number of hydrogen-bond acceptors (Lipinski definition) is 14. The normalized spacial score (nSPS) is 14.4. The van der Waals surface area contributed by atoms with E-state index in [0.717, 1.165) is 10.3 Å². The van der Waals surface area contributed by atoms with Gasteiger partial charge in [-0.2, -0.15) is 9.10 Å². The molecule has 0 aliphatic carbocycles. The van der Waals surface area contributed by atoms with Crippen LogP contribution in [0.2, 0.25) is 0 Å². The number of likely N-dealkylation sites (tertiary alicyclic amines) is 1. The molecule has 8 rings (SSSR count). The maximum absolute atomic E-state index is 16.2. The third-order valence-electron chi connectivity index (χ3n) is 11.0. The molecule has 1 atom stereocenters. The molecule has 68 heavy (non-hydrogen) atoms. The minimum Gasteiger partial charge on any atom is -0.497 e. The number of benzene rings is 5. The van der Waals surface area contributed by atoms with E-state index in [-0.39, 0.29) is 50.5 Å². The zero-order valence-corrected chi connectivity index (χ0v) is 42.1. The van der Waals surface area contributed by atoms with E-state index in [1.807, 2.05) is 24.3 Å². The molecule has 0 bridgehead atoms. The van der Waals surface area contributed by atoms with Crippen molar-refractivity contribution in [2.24, 2.45) is 0 Å². The topological polar surface area (TPSA) is 197 Å². The SMILES string of the molecule is COc1ccc(CN(Cc2ccc(OC)cc2)S(=O)(=O)c2c(S(=O)(=O)NC3CCN(C(=O)OC(C)(C)C)C3)ccc(-c3cccc4sc(Br)nc34)c2-c2nnn(Cc3ccc(OC)cc3)n2)cc1. The Morgan fingerprint density at radius 3 is 1.97 bits per heavy atom. The zero-order valence-electron chi connectivity index (χ0n) is 38.0. The number of fused-ring (bicyclic) bond motifs is 1. The Hall–Kier alpha value is -5.97. The van der Waals surface area contributed by atoms with Gasteiger partial charge in [0.05, 0.1) is 43.7 Å². The van der Waals surface area contributed by atoms with Gasteiger partial charge in [0.15, 0.2) is 3.92 Å². The summed E-state index contributed by atoms with van der Waals surface area (Å²) in [6.45, 7) is 5.21. The van der Waals surface area contributed by atoms with Crippen LogP contribution in [0, 0.1) is 0 Å². The number of carbonyl (C=O) groups excluding carboxylic acids is 1. The first-order valence-corrected chi connectivity index (χ1v) is 25.9. The smallest absolute Gasteiger partial charge is 0.410 e. The second-order valence-electron chi connectivity index (χ2n) is 16.9. The Morgan fingerprint density at radius 2 is 1.40 bits per heavy atom. The van der Waals surface area contributed by atoms with Gasteiger partial charge in [0.1, 0.15) is 32.6 Å². The molecule has 1 amide bonds. The minimum absolute atomic E-state index is 0.00975. The predicted molar refractivity (Wildman–Crippen MR) is 261 cm³/mol. The monoisotopic (exact) mass is 1040 g/mol. The number of nitrogens with zero attached hydrogens (tertiary/aromatic N) is 7. The van der Waals surface area contributed by atoms with Crippen LogP contribution in [0.25, 0.3) is 32.7 Å². The summed E-state index contributed by atoms with van der Waals surface area (Å²) in [6.07, 6.45) is -0.345. The van der Waals surface area contributed by atoms with Gasteiger partial charge in [-0.05, 0) is 119 Å². The van der Waals surface area contributed by atoms with E-state index >= 15 is 16.8 Å². The highest BCUT2D eigenvalue weighted by Crippen LogP contribution is 2.44. The lowest BCUT2D eigenvalue weighted by molar-refractivity contribution is 0.0292. The van der Waals surface area contributed by atoms with Crippen molar-refractivity contribution < 1.29 is 40.6 Å².